The van der Waals surface area contributed by atoms with Crippen LogP contribution in [0.4, 0.5) is 10.8 Å². The highest BCUT2D eigenvalue weighted by Crippen LogP contribution is 2.26. The summed E-state index contributed by atoms with van der Waals surface area (Å²) in [6.07, 6.45) is 1.35. The van der Waals surface area contributed by atoms with E-state index in [0.717, 1.165) is 27.2 Å². The molecule has 0 atom stereocenters. The highest BCUT2D eigenvalue weighted by molar-refractivity contribution is 7.17. The molecule has 1 aromatic carbocycles. The van der Waals surface area contributed by atoms with Gasteiger partial charge < -0.3 is 10.4 Å². The minimum Gasteiger partial charge on any atom is -0.477 e. The van der Waals surface area contributed by atoms with Crippen LogP contribution in [0.25, 0.3) is 10.2 Å². The quantitative estimate of drug-likeness (QED) is 0.769. The topological polar surface area (TPSA) is 75.1 Å². The molecule has 0 unspecified atom stereocenters. The van der Waals surface area contributed by atoms with Gasteiger partial charge in [-0.3, -0.25) is 0 Å². The fraction of sp³-hybridized carbons (Fsp3) is 0. The van der Waals surface area contributed by atoms with Crippen LogP contribution in [-0.4, -0.2) is 21.0 Å². The van der Waals surface area contributed by atoms with E-state index in [-0.39, 0.29) is 4.88 Å². The molecule has 0 spiro atoms. The molecule has 2 aromatic heterocycles. The molecule has 3 rings (SSSR count). The number of benzene rings is 1. The lowest BCUT2D eigenvalue weighted by Crippen LogP contribution is -1.90. The first-order valence-corrected chi connectivity index (χ1v) is 6.71. The van der Waals surface area contributed by atoms with Crippen LogP contribution in [0.3, 0.4) is 0 Å². The monoisotopic (exact) mass is 277 g/mol. The van der Waals surface area contributed by atoms with Crippen LogP contribution in [-0.2, 0) is 0 Å². The van der Waals surface area contributed by atoms with Gasteiger partial charge in [0, 0.05) is 5.69 Å². The lowest BCUT2D eigenvalue weighted by molar-refractivity contribution is 0.0702. The van der Waals surface area contributed by atoms with Gasteiger partial charge in [-0.1, -0.05) is 11.3 Å². The molecule has 7 heteroatoms. The zero-order valence-corrected chi connectivity index (χ0v) is 10.6. The summed E-state index contributed by atoms with van der Waals surface area (Å²) >= 11 is 2.67. The van der Waals surface area contributed by atoms with E-state index in [9.17, 15) is 4.79 Å². The molecule has 0 aliphatic heterocycles. The third-order valence-electron chi connectivity index (χ3n) is 2.30. The van der Waals surface area contributed by atoms with E-state index in [2.05, 4.69) is 15.3 Å². The first kappa shape index (κ1) is 11.1. The van der Waals surface area contributed by atoms with Gasteiger partial charge in [0.15, 0.2) is 5.13 Å². The Kier molecular flexibility index (Phi) is 2.69. The van der Waals surface area contributed by atoms with Gasteiger partial charge in [0.25, 0.3) is 0 Å². The normalized spacial score (nSPS) is 10.7. The van der Waals surface area contributed by atoms with Crippen LogP contribution in [0.15, 0.2) is 29.9 Å². The Labute approximate surface area is 110 Å². The molecule has 5 nitrogen and oxygen atoms in total. The van der Waals surface area contributed by atoms with E-state index in [0.29, 0.717) is 5.13 Å². The molecule has 0 aliphatic rings. The maximum absolute atomic E-state index is 10.7. The molecule has 0 bridgehead atoms. The Hall–Kier alpha value is -1.99. The van der Waals surface area contributed by atoms with Crippen molar-refractivity contribution in [1.29, 1.82) is 0 Å². The lowest BCUT2D eigenvalue weighted by Gasteiger charge is -2.01. The minimum atomic E-state index is -0.960. The second-order valence-corrected chi connectivity index (χ2v) is 5.41. The maximum atomic E-state index is 10.7. The number of anilines is 2. The van der Waals surface area contributed by atoms with Gasteiger partial charge in [0.05, 0.1) is 21.9 Å². The predicted molar refractivity (Wildman–Crippen MR) is 72.0 cm³/mol. The summed E-state index contributed by atoms with van der Waals surface area (Å²) in [5.74, 6) is -0.960. The van der Waals surface area contributed by atoms with E-state index < -0.39 is 5.97 Å². The zero-order chi connectivity index (χ0) is 12.5. The summed E-state index contributed by atoms with van der Waals surface area (Å²) in [6.45, 7) is 0. The molecule has 2 heterocycles. The highest BCUT2D eigenvalue weighted by Gasteiger charge is 2.08. The summed E-state index contributed by atoms with van der Waals surface area (Å²) in [6, 6.07) is 5.78. The molecule has 0 saturated carbocycles. The lowest BCUT2D eigenvalue weighted by atomic mass is 10.3. The number of rotatable bonds is 3. The minimum absolute atomic E-state index is 0.219. The Bertz CT molecular complexity index is 720. The highest BCUT2D eigenvalue weighted by atomic mass is 32.1. The Morgan fingerprint density at radius 3 is 3.00 bits per heavy atom. The van der Waals surface area contributed by atoms with E-state index in [1.165, 1.54) is 6.20 Å². The number of hydrogen-bond acceptors (Lipinski definition) is 6. The summed E-state index contributed by atoms with van der Waals surface area (Å²) in [4.78, 5) is 19.2. The Morgan fingerprint density at radius 2 is 2.22 bits per heavy atom. The fourth-order valence-electron chi connectivity index (χ4n) is 1.49. The maximum Gasteiger partial charge on any atom is 0.347 e. The third-order valence-corrected chi connectivity index (χ3v) is 3.99. The SMILES string of the molecule is O=C(O)c1cnc(Nc2ccc3ncsc3c2)s1. The number of aromatic nitrogens is 2. The molecule has 0 fully saturated rings. The summed E-state index contributed by atoms with van der Waals surface area (Å²) in [5, 5.41) is 12.5. The molecule has 0 aliphatic carbocycles. The second-order valence-electron chi connectivity index (χ2n) is 3.49. The number of nitrogens with one attached hydrogen (secondary N) is 1. The van der Waals surface area contributed by atoms with E-state index >= 15 is 0 Å². The van der Waals surface area contributed by atoms with Crippen molar-refractivity contribution < 1.29 is 9.90 Å². The standard InChI is InChI=1S/C11H7N3O2S2/c15-10(16)9-4-12-11(18-9)14-6-1-2-7-8(3-6)17-5-13-7/h1-5H,(H,12,14)(H,15,16). The number of fused-ring (bicyclic) bond motifs is 1. The van der Waals surface area contributed by atoms with Crippen molar-refractivity contribution in [2.45, 2.75) is 0 Å². The molecular weight excluding hydrogens is 270 g/mol. The number of thiazole rings is 2. The summed E-state index contributed by atoms with van der Waals surface area (Å²) in [7, 11) is 0. The second kappa shape index (κ2) is 4.35. The van der Waals surface area contributed by atoms with E-state index in [4.69, 9.17) is 5.11 Å². The molecule has 0 radical (unpaired) electrons. The first-order valence-electron chi connectivity index (χ1n) is 5.02. The Morgan fingerprint density at radius 1 is 1.33 bits per heavy atom. The molecule has 90 valence electrons. The number of carbonyl (C=O) groups is 1. The van der Waals surface area contributed by atoms with Crippen molar-refractivity contribution >= 4 is 49.7 Å². The molecule has 3 aromatic rings. The van der Waals surface area contributed by atoms with Crippen LogP contribution < -0.4 is 5.32 Å². The Balaban J connectivity index is 1.88. The van der Waals surface area contributed by atoms with Crippen molar-refractivity contribution in [1.82, 2.24) is 9.97 Å². The van der Waals surface area contributed by atoms with Crippen LogP contribution in [0.5, 0.6) is 0 Å². The van der Waals surface area contributed by atoms with Crippen LogP contribution in [0.2, 0.25) is 0 Å². The average molecular weight is 277 g/mol. The summed E-state index contributed by atoms with van der Waals surface area (Å²) in [5.41, 5.74) is 3.62. The molecular formula is C11H7N3O2S2. The first-order chi connectivity index (χ1) is 8.72. The summed E-state index contributed by atoms with van der Waals surface area (Å²) < 4.78 is 1.08. The smallest absolute Gasteiger partial charge is 0.347 e. The number of aromatic carboxylic acids is 1. The van der Waals surface area contributed by atoms with Crippen molar-refractivity contribution in [2.24, 2.45) is 0 Å². The van der Waals surface area contributed by atoms with Crippen LogP contribution >= 0.6 is 22.7 Å². The number of carboxylic acids is 1. The van der Waals surface area contributed by atoms with E-state index in [1.54, 1.807) is 16.8 Å². The van der Waals surface area contributed by atoms with Crippen LogP contribution in [0, 0.1) is 0 Å². The van der Waals surface area contributed by atoms with Gasteiger partial charge in [-0.05, 0) is 18.2 Å². The molecule has 2 N–H and O–H groups in total. The number of hydrogen-bond donors (Lipinski definition) is 2. The number of nitrogens with zero attached hydrogens (tertiary/aromatic N) is 2. The predicted octanol–water partition coefficient (Wildman–Crippen LogP) is 3.19. The van der Waals surface area contributed by atoms with E-state index in [1.807, 2.05) is 18.2 Å². The van der Waals surface area contributed by atoms with Crippen molar-refractivity contribution in [3.8, 4) is 0 Å². The fourth-order valence-corrected chi connectivity index (χ4v) is 2.88. The molecule has 0 amide bonds. The van der Waals surface area contributed by atoms with Crippen LogP contribution in [0.1, 0.15) is 9.67 Å². The van der Waals surface area contributed by atoms with Crippen molar-refractivity contribution in [3.63, 3.8) is 0 Å². The van der Waals surface area contributed by atoms with Gasteiger partial charge in [-0.25, -0.2) is 14.8 Å². The largest absolute Gasteiger partial charge is 0.477 e. The average Bonchev–Trinajstić information content (AvgIpc) is 2.96. The zero-order valence-electron chi connectivity index (χ0n) is 8.95. The molecule has 0 saturated heterocycles. The van der Waals surface area contributed by atoms with Gasteiger partial charge in [-0.15, -0.1) is 11.3 Å². The van der Waals surface area contributed by atoms with Crippen molar-refractivity contribution in [3.05, 3.63) is 34.8 Å². The third kappa shape index (κ3) is 2.05. The molecule has 18 heavy (non-hydrogen) atoms. The van der Waals surface area contributed by atoms with Gasteiger partial charge in [0.1, 0.15) is 4.88 Å². The van der Waals surface area contributed by atoms with Gasteiger partial charge in [0.2, 0.25) is 0 Å². The van der Waals surface area contributed by atoms with Crippen molar-refractivity contribution in [2.75, 3.05) is 5.32 Å². The number of carboxylic acid groups (broad SMARTS) is 1. The van der Waals surface area contributed by atoms with Gasteiger partial charge in [-0.2, -0.15) is 0 Å². The van der Waals surface area contributed by atoms with Gasteiger partial charge >= 0.3 is 5.97 Å².